The van der Waals surface area contributed by atoms with E-state index in [2.05, 4.69) is 22.5 Å². The third-order valence-corrected chi connectivity index (χ3v) is 4.36. The number of fused-ring (bicyclic) bond motifs is 1. The molecule has 0 unspecified atom stereocenters. The molecule has 5 nitrogen and oxygen atoms in total. The number of aromatic nitrogens is 2. The van der Waals surface area contributed by atoms with E-state index in [1.54, 1.807) is 25.4 Å². The molecule has 2 aromatic heterocycles. The second-order valence-electron chi connectivity index (χ2n) is 6.12. The normalized spacial score (nSPS) is 13.3. The van der Waals surface area contributed by atoms with Crippen molar-refractivity contribution in [2.45, 2.75) is 6.42 Å². The van der Waals surface area contributed by atoms with E-state index in [1.807, 2.05) is 53.1 Å². The number of methoxy groups -OCH3 is 1. The lowest BCUT2D eigenvalue weighted by Crippen LogP contribution is -2.14. The van der Waals surface area contributed by atoms with Gasteiger partial charge < -0.3 is 10.1 Å². The number of allylic oxidation sites excluding steroid dienone is 5. The number of nitrogens with one attached hydrogen (secondary N) is 1. The van der Waals surface area contributed by atoms with Crippen LogP contribution in [0.2, 0.25) is 0 Å². The number of hydrogen-bond acceptors (Lipinski definition) is 4. The van der Waals surface area contributed by atoms with E-state index in [0.717, 1.165) is 23.3 Å². The fourth-order valence-electron chi connectivity index (χ4n) is 3.08. The zero-order chi connectivity index (χ0) is 18.6. The Morgan fingerprint density at radius 2 is 2.00 bits per heavy atom. The molecule has 5 heteroatoms. The molecule has 2 heterocycles. The molecular formula is C22H19N3O2. The number of para-hydroxylation sites is 1. The quantitative estimate of drug-likeness (QED) is 0.760. The Hall–Kier alpha value is -3.60. The molecule has 3 aromatic rings. The fraction of sp³-hybridized carbons (Fsp3) is 0.0909. The second-order valence-corrected chi connectivity index (χ2v) is 6.12. The molecule has 0 fully saturated rings. The van der Waals surface area contributed by atoms with Gasteiger partial charge in [0.1, 0.15) is 5.82 Å². The maximum Gasteiger partial charge on any atom is 0.215 e. The zero-order valence-electron chi connectivity index (χ0n) is 14.9. The van der Waals surface area contributed by atoms with Gasteiger partial charge >= 0.3 is 0 Å². The Balaban J connectivity index is 1.97. The molecular weight excluding hydrogens is 338 g/mol. The van der Waals surface area contributed by atoms with Gasteiger partial charge in [0.2, 0.25) is 5.88 Å². The van der Waals surface area contributed by atoms with Crippen molar-refractivity contribution in [2.24, 2.45) is 0 Å². The highest BCUT2D eigenvalue weighted by Gasteiger charge is 2.13. The number of anilines is 1. The molecule has 0 radical (unpaired) electrons. The van der Waals surface area contributed by atoms with Crippen LogP contribution in [0, 0.1) is 0 Å². The summed E-state index contributed by atoms with van der Waals surface area (Å²) in [5.41, 5.74) is 2.52. The van der Waals surface area contributed by atoms with Gasteiger partial charge in [-0.05, 0) is 24.6 Å². The highest BCUT2D eigenvalue weighted by molar-refractivity contribution is 5.83. The smallest absolute Gasteiger partial charge is 0.215 e. The van der Waals surface area contributed by atoms with Crippen LogP contribution < -0.4 is 15.5 Å². The van der Waals surface area contributed by atoms with E-state index < -0.39 is 0 Å². The van der Waals surface area contributed by atoms with E-state index in [0.29, 0.717) is 17.1 Å². The minimum Gasteiger partial charge on any atom is -0.481 e. The summed E-state index contributed by atoms with van der Waals surface area (Å²) < 4.78 is 7.29. The molecule has 0 atom stereocenters. The van der Waals surface area contributed by atoms with Gasteiger partial charge in [0.15, 0.2) is 5.43 Å². The minimum atomic E-state index is -0.0915. The fourth-order valence-corrected chi connectivity index (χ4v) is 3.08. The van der Waals surface area contributed by atoms with Crippen LogP contribution in [-0.4, -0.2) is 16.7 Å². The summed E-state index contributed by atoms with van der Waals surface area (Å²) in [6.45, 7) is 0. The molecule has 27 heavy (non-hydrogen) atoms. The van der Waals surface area contributed by atoms with Crippen molar-refractivity contribution in [3.63, 3.8) is 0 Å². The highest BCUT2D eigenvalue weighted by Crippen LogP contribution is 2.25. The van der Waals surface area contributed by atoms with E-state index in [9.17, 15) is 4.79 Å². The van der Waals surface area contributed by atoms with Crippen LogP contribution in [0.1, 0.15) is 6.42 Å². The topological polar surface area (TPSA) is 56.1 Å². The maximum atomic E-state index is 12.7. The van der Waals surface area contributed by atoms with E-state index >= 15 is 0 Å². The number of rotatable bonds is 4. The molecule has 1 aromatic carbocycles. The number of benzene rings is 1. The third kappa shape index (κ3) is 3.40. The molecule has 1 N–H and O–H groups in total. The predicted molar refractivity (Wildman–Crippen MR) is 108 cm³/mol. The van der Waals surface area contributed by atoms with Gasteiger partial charge in [-0.25, -0.2) is 4.98 Å². The van der Waals surface area contributed by atoms with Gasteiger partial charge in [-0.2, -0.15) is 0 Å². The Morgan fingerprint density at radius 3 is 2.81 bits per heavy atom. The largest absolute Gasteiger partial charge is 0.481 e. The van der Waals surface area contributed by atoms with Crippen molar-refractivity contribution in [3.05, 3.63) is 95.0 Å². The van der Waals surface area contributed by atoms with Gasteiger partial charge in [0.25, 0.3) is 0 Å². The van der Waals surface area contributed by atoms with Crippen LogP contribution in [0.4, 0.5) is 5.82 Å². The standard InChI is InChI=1S/C22H19N3O2/c1-27-22-13-19-18(15-23-22)20(26)14-21(24-16-9-5-2-3-6-10-16)25(19)17-11-7-4-8-12-17/h2-5,7-15,24H,6H2,1H3. The summed E-state index contributed by atoms with van der Waals surface area (Å²) in [6, 6.07) is 13.3. The van der Waals surface area contributed by atoms with Gasteiger partial charge in [-0.3, -0.25) is 9.36 Å². The molecule has 0 amide bonds. The van der Waals surface area contributed by atoms with Gasteiger partial charge in [0.05, 0.1) is 18.0 Å². The van der Waals surface area contributed by atoms with Gasteiger partial charge in [-0.1, -0.05) is 42.5 Å². The molecule has 0 bridgehead atoms. The summed E-state index contributed by atoms with van der Waals surface area (Å²) in [4.78, 5) is 16.9. The van der Waals surface area contributed by atoms with Gasteiger partial charge in [-0.15, -0.1) is 0 Å². The summed E-state index contributed by atoms with van der Waals surface area (Å²) in [6.07, 6.45) is 12.5. The lowest BCUT2D eigenvalue weighted by molar-refractivity contribution is 0.398. The van der Waals surface area contributed by atoms with Crippen molar-refractivity contribution in [1.82, 2.24) is 9.55 Å². The van der Waals surface area contributed by atoms with Crippen LogP contribution in [0.25, 0.3) is 16.6 Å². The molecule has 134 valence electrons. The molecule has 1 aliphatic rings. The Bertz CT molecular complexity index is 1130. The van der Waals surface area contributed by atoms with E-state index in [-0.39, 0.29) is 5.43 Å². The van der Waals surface area contributed by atoms with Crippen LogP contribution >= 0.6 is 0 Å². The highest BCUT2D eigenvalue weighted by atomic mass is 16.5. The number of pyridine rings is 2. The Morgan fingerprint density at radius 1 is 1.15 bits per heavy atom. The first-order chi connectivity index (χ1) is 13.3. The molecule has 0 saturated carbocycles. The van der Waals surface area contributed by atoms with Crippen molar-refractivity contribution in [3.8, 4) is 11.6 Å². The SMILES string of the molecule is COc1cc2c(cn1)c(=O)cc(NC1=CCC=CC=C1)n2-c1ccccc1. The lowest BCUT2D eigenvalue weighted by atomic mass is 10.2. The van der Waals surface area contributed by atoms with Crippen LogP contribution in [-0.2, 0) is 0 Å². The summed E-state index contributed by atoms with van der Waals surface area (Å²) >= 11 is 0. The maximum absolute atomic E-state index is 12.7. The van der Waals surface area contributed by atoms with E-state index in [4.69, 9.17) is 4.74 Å². The lowest BCUT2D eigenvalue weighted by Gasteiger charge is -2.19. The summed E-state index contributed by atoms with van der Waals surface area (Å²) in [5.74, 6) is 1.14. The molecule has 0 aliphatic heterocycles. The average Bonchev–Trinajstić information content (AvgIpc) is 2.97. The van der Waals surface area contributed by atoms with Crippen LogP contribution in [0.15, 0.2) is 89.5 Å². The molecule has 0 spiro atoms. The summed E-state index contributed by atoms with van der Waals surface area (Å²) in [7, 11) is 1.56. The third-order valence-electron chi connectivity index (χ3n) is 4.36. The first-order valence-corrected chi connectivity index (χ1v) is 8.72. The molecule has 4 rings (SSSR count). The number of ether oxygens (including phenoxy) is 1. The number of hydrogen-bond donors (Lipinski definition) is 1. The van der Waals surface area contributed by atoms with Crippen molar-refractivity contribution in [2.75, 3.05) is 12.4 Å². The molecule has 1 aliphatic carbocycles. The van der Waals surface area contributed by atoms with Crippen molar-refractivity contribution < 1.29 is 4.74 Å². The number of nitrogens with zero attached hydrogens (tertiary/aromatic N) is 2. The first-order valence-electron chi connectivity index (χ1n) is 8.72. The monoisotopic (exact) mass is 357 g/mol. The Kier molecular flexibility index (Phi) is 4.58. The van der Waals surface area contributed by atoms with Crippen molar-refractivity contribution in [1.29, 1.82) is 0 Å². The minimum absolute atomic E-state index is 0.0915. The van der Waals surface area contributed by atoms with Crippen LogP contribution in [0.5, 0.6) is 5.88 Å². The van der Waals surface area contributed by atoms with Gasteiger partial charge in [0, 0.05) is 29.7 Å². The zero-order valence-corrected chi connectivity index (χ0v) is 14.9. The molecule has 0 saturated heterocycles. The second kappa shape index (κ2) is 7.33. The predicted octanol–water partition coefficient (Wildman–Crippen LogP) is 4.21. The Labute approximate surface area is 156 Å². The van der Waals surface area contributed by atoms with Crippen LogP contribution in [0.3, 0.4) is 0 Å². The van der Waals surface area contributed by atoms with Crippen molar-refractivity contribution >= 4 is 16.7 Å². The summed E-state index contributed by atoms with van der Waals surface area (Å²) in [5, 5.41) is 3.93. The van der Waals surface area contributed by atoms with E-state index in [1.165, 1.54) is 0 Å². The average molecular weight is 357 g/mol. The first kappa shape index (κ1) is 16.8.